The SMILES string of the molecule is COCCCC(NC(=O)c1oc(C)nc1C)C(=O)O. The molecule has 1 amide bonds. The van der Waals surface area contributed by atoms with Crippen molar-refractivity contribution in [3.63, 3.8) is 0 Å². The number of oxazole rings is 1. The molecule has 1 heterocycles. The summed E-state index contributed by atoms with van der Waals surface area (Å²) in [6.45, 7) is 3.70. The molecule has 19 heavy (non-hydrogen) atoms. The number of nitrogens with zero attached hydrogens (tertiary/aromatic N) is 1. The summed E-state index contributed by atoms with van der Waals surface area (Å²) in [4.78, 5) is 26.9. The second kappa shape index (κ2) is 6.89. The van der Waals surface area contributed by atoms with Crippen molar-refractivity contribution in [2.45, 2.75) is 32.7 Å². The number of aryl methyl sites for hydroxylation is 2. The van der Waals surface area contributed by atoms with E-state index < -0.39 is 17.9 Å². The van der Waals surface area contributed by atoms with Crippen LogP contribution in [-0.4, -0.2) is 41.7 Å². The van der Waals surface area contributed by atoms with Gasteiger partial charge in [-0.25, -0.2) is 9.78 Å². The lowest BCUT2D eigenvalue weighted by Crippen LogP contribution is -2.41. The van der Waals surface area contributed by atoms with Crippen molar-refractivity contribution < 1.29 is 23.8 Å². The summed E-state index contributed by atoms with van der Waals surface area (Å²) in [6, 6.07) is -0.965. The lowest BCUT2D eigenvalue weighted by molar-refractivity contribution is -0.139. The molecular formula is C12H18N2O5. The van der Waals surface area contributed by atoms with Crippen molar-refractivity contribution in [3.05, 3.63) is 17.3 Å². The van der Waals surface area contributed by atoms with E-state index in [0.717, 1.165) is 0 Å². The van der Waals surface area contributed by atoms with E-state index in [9.17, 15) is 9.59 Å². The van der Waals surface area contributed by atoms with Crippen LogP contribution in [0.5, 0.6) is 0 Å². The predicted molar refractivity (Wildman–Crippen MR) is 66.0 cm³/mol. The smallest absolute Gasteiger partial charge is 0.326 e. The molecule has 0 saturated heterocycles. The second-order valence-electron chi connectivity index (χ2n) is 4.15. The summed E-state index contributed by atoms with van der Waals surface area (Å²) in [6.07, 6.45) is 0.837. The van der Waals surface area contributed by atoms with Gasteiger partial charge in [0, 0.05) is 20.6 Å². The summed E-state index contributed by atoms with van der Waals surface area (Å²) < 4.78 is 9.99. The number of aromatic nitrogens is 1. The molecule has 2 N–H and O–H groups in total. The van der Waals surface area contributed by atoms with Gasteiger partial charge in [-0.15, -0.1) is 0 Å². The molecule has 106 valence electrons. The number of carbonyl (C=O) groups is 2. The number of methoxy groups -OCH3 is 1. The van der Waals surface area contributed by atoms with Crippen molar-refractivity contribution in [2.24, 2.45) is 0 Å². The lowest BCUT2D eigenvalue weighted by atomic mass is 10.1. The Morgan fingerprint density at radius 1 is 1.47 bits per heavy atom. The van der Waals surface area contributed by atoms with E-state index in [1.165, 1.54) is 7.11 Å². The van der Waals surface area contributed by atoms with Crippen LogP contribution in [0.4, 0.5) is 0 Å². The Hall–Kier alpha value is -1.89. The van der Waals surface area contributed by atoms with Crippen molar-refractivity contribution >= 4 is 11.9 Å². The average molecular weight is 270 g/mol. The monoisotopic (exact) mass is 270 g/mol. The van der Waals surface area contributed by atoms with Gasteiger partial charge in [0.15, 0.2) is 5.89 Å². The molecule has 0 aromatic carbocycles. The molecule has 1 rings (SSSR count). The topological polar surface area (TPSA) is 102 Å². The molecule has 7 nitrogen and oxygen atoms in total. The van der Waals surface area contributed by atoms with E-state index in [1.807, 2.05) is 0 Å². The number of carbonyl (C=O) groups excluding carboxylic acids is 1. The molecule has 1 aromatic heterocycles. The zero-order chi connectivity index (χ0) is 14.4. The molecule has 1 atom stereocenters. The Balaban J connectivity index is 2.66. The van der Waals surface area contributed by atoms with E-state index in [2.05, 4.69) is 10.3 Å². The van der Waals surface area contributed by atoms with Gasteiger partial charge in [0.05, 0.1) is 5.69 Å². The van der Waals surface area contributed by atoms with Gasteiger partial charge < -0.3 is 19.6 Å². The van der Waals surface area contributed by atoms with Crippen LogP contribution in [0.3, 0.4) is 0 Å². The number of rotatable bonds is 7. The van der Waals surface area contributed by atoms with E-state index in [0.29, 0.717) is 31.0 Å². The molecule has 0 saturated carbocycles. The van der Waals surface area contributed by atoms with E-state index in [1.54, 1.807) is 13.8 Å². The van der Waals surface area contributed by atoms with Crippen molar-refractivity contribution in [1.29, 1.82) is 0 Å². The number of aliphatic carboxylic acids is 1. The molecule has 0 aliphatic heterocycles. The molecule has 7 heteroatoms. The van der Waals surface area contributed by atoms with Crippen LogP contribution in [-0.2, 0) is 9.53 Å². The lowest BCUT2D eigenvalue weighted by Gasteiger charge is -2.13. The van der Waals surface area contributed by atoms with Crippen LogP contribution < -0.4 is 5.32 Å². The number of nitrogens with one attached hydrogen (secondary N) is 1. The third-order valence-corrected chi connectivity index (χ3v) is 2.55. The van der Waals surface area contributed by atoms with Crippen LogP contribution in [0.25, 0.3) is 0 Å². The first-order chi connectivity index (χ1) is 8.95. The van der Waals surface area contributed by atoms with Gasteiger partial charge in [-0.1, -0.05) is 0 Å². The third kappa shape index (κ3) is 4.36. The van der Waals surface area contributed by atoms with Crippen molar-refractivity contribution in [3.8, 4) is 0 Å². The first kappa shape index (κ1) is 15.2. The number of hydrogen-bond acceptors (Lipinski definition) is 5. The zero-order valence-electron chi connectivity index (χ0n) is 11.2. The maximum Gasteiger partial charge on any atom is 0.326 e. The fraction of sp³-hybridized carbons (Fsp3) is 0.583. The van der Waals surface area contributed by atoms with Crippen molar-refractivity contribution in [1.82, 2.24) is 10.3 Å². The van der Waals surface area contributed by atoms with Gasteiger partial charge in [-0.05, 0) is 19.8 Å². The number of ether oxygens (including phenoxy) is 1. The highest BCUT2D eigenvalue weighted by Crippen LogP contribution is 2.10. The summed E-state index contributed by atoms with van der Waals surface area (Å²) in [5.74, 6) is -1.23. The molecule has 0 bridgehead atoms. The minimum Gasteiger partial charge on any atom is -0.480 e. The molecule has 0 aliphatic carbocycles. The highest BCUT2D eigenvalue weighted by molar-refractivity contribution is 5.95. The Morgan fingerprint density at radius 3 is 2.63 bits per heavy atom. The van der Waals surface area contributed by atoms with Crippen molar-refractivity contribution in [2.75, 3.05) is 13.7 Å². The van der Waals surface area contributed by atoms with Gasteiger partial charge in [-0.3, -0.25) is 4.79 Å². The summed E-state index contributed by atoms with van der Waals surface area (Å²) in [7, 11) is 1.54. The zero-order valence-corrected chi connectivity index (χ0v) is 11.2. The van der Waals surface area contributed by atoms with E-state index in [-0.39, 0.29) is 5.76 Å². The van der Waals surface area contributed by atoms with Crippen LogP contribution in [0, 0.1) is 13.8 Å². The molecule has 0 spiro atoms. The van der Waals surface area contributed by atoms with Gasteiger partial charge in [-0.2, -0.15) is 0 Å². The first-order valence-corrected chi connectivity index (χ1v) is 5.92. The Bertz CT molecular complexity index is 455. The minimum absolute atomic E-state index is 0.0514. The van der Waals surface area contributed by atoms with Gasteiger partial charge in [0.1, 0.15) is 6.04 Å². The first-order valence-electron chi connectivity index (χ1n) is 5.92. The summed E-state index contributed by atoms with van der Waals surface area (Å²) in [5, 5.41) is 11.5. The Kier molecular flexibility index (Phi) is 5.50. The van der Waals surface area contributed by atoms with Gasteiger partial charge in [0.2, 0.25) is 5.76 Å². The number of carboxylic acids is 1. The molecule has 0 aliphatic rings. The maximum absolute atomic E-state index is 11.9. The molecule has 0 fully saturated rings. The fourth-order valence-electron chi connectivity index (χ4n) is 1.65. The van der Waals surface area contributed by atoms with Crippen LogP contribution in [0.1, 0.15) is 35.0 Å². The molecule has 1 aromatic rings. The average Bonchev–Trinajstić information content (AvgIpc) is 2.67. The predicted octanol–water partition coefficient (Wildman–Crippen LogP) is 0.901. The third-order valence-electron chi connectivity index (χ3n) is 2.55. The summed E-state index contributed by atoms with van der Waals surface area (Å²) in [5.41, 5.74) is 0.441. The quantitative estimate of drug-likeness (QED) is 0.714. The highest BCUT2D eigenvalue weighted by atomic mass is 16.5. The summed E-state index contributed by atoms with van der Waals surface area (Å²) >= 11 is 0. The number of hydrogen-bond donors (Lipinski definition) is 2. The van der Waals surface area contributed by atoms with E-state index >= 15 is 0 Å². The highest BCUT2D eigenvalue weighted by Gasteiger charge is 2.23. The Morgan fingerprint density at radius 2 is 2.16 bits per heavy atom. The maximum atomic E-state index is 11.9. The van der Waals surface area contributed by atoms with Crippen LogP contribution >= 0.6 is 0 Å². The molecule has 1 unspecified atom stereocenters. The minimum atomic E-state index is -1.08. The number of carboxylic acid groups (broad SMARTS) is 1. The van der Waals surface area contributed by atoms with Crippen LogP contribution in [0.2, 0.25) is 0 Å². The van der Waals surface area contributed by atoms with Gasteiger partial charge >= 0.3 is 5.97 Å². The Labute approximate surface area is 111 Å². The second-order valence-corrected chi connectivity index (χ2v) is 4.15. The molecule has 0 radical (unpaired) electrons. The normalized spacial score (nSPS) is 12.2. The van der Waals surface area contributed by atoms with Gasteiger partial charge in [0.25, 0.3) is 5.91 Å². The largest absolute Gasteiger partial charge is 0.480 e. The number of amides is 1. The van der Waals surface area contributed by atoms with E-state index in [4.69, 9.17) is 14.3 Å². The molecular weight excluding hydrogens is 252 g/mol. The standard InChI is InChI=1S/C12H18N2O5/c1-7-10(19-8(2)13-7)11(15)14-9(12(16)17)5-4-6-18-3/h9H,4-6H2,1-3H3,(H,14,15)(H,16,17). The fourth-order valence-corrected chi connectivity index (χ4v) is 1.65. The van der Waals surface area contributed by atoms with Crippen LogP contribution in [0.15, 0.2) is 4.42 Å².